The van der Waals surface area contributed by atoms with Gasteiger partial charge in [0.15, 0.2) is 0 Å². The number of nitrogens with zero attached hydrogens (tertiary/aromatic N) is 2. The molecule has 3 nitrogen and oxygen atoms in total. The third kappa shape index (κ3) is 2.09. The summed E-state index contributed by atoms with van der Waals surface area (Å²) in [6.07, 6.45) is 3.47. The van der Waals surface area contributed by atoms with Gasteiger partial charge >= 0.3 is 0 Å². The number of aromatic nitrogens is 2. The first-order valence-corrected chi connectivity index (χ1v) is 5.31. The molecule has 0 spiro atoms. The summed E-state index contributed by atoms with van der Waals surface area (Å²) in [6, 6.07) is 6.22. The Kier molecular flexibility index (Phi) is 2.74. The van der Waals surface area contributed by atoms with E-state index in [0.29, 0.717) is 5.95 Å². The van der Waals surface area contributed by atoms with Gasteiger partial charge in [0.2, 0.25) is 5.95 Å². The number of hydrogen-bond donors (Lipinski definition) is 1. The molecule has 0 fully saturated rings. The summed E-state index contributed by atoms with van der Waals surface area (Å²) in [7, 11) is 0. The van der Waals surface area contributed by atoms with E-state index in [1.165, 1.54) is 4.88 Å². The molecule has 72 valence electrons. The molecule has 2 aromatic heterocycles. The Morgan fingerprint density at radius 1 is 1.29 bits per heavy atom. The third-order valence-electron chi connectivity index (χ3n) is 1.88. The molecule has 0 amide bonds. The van der Waals surface area contributed by atoms with E-state index in [4.69, 9.17) is 0 Å². The Labute approximate surface area is 86.8 Å². The van der Waals surface area contributed by atoms with Crippen LogP contribution in [-0.2, 0) is 0 Å². The second kappa shape index (κ2) is 4.19. The summed E-state index contributed by atoms with van der Waals surface area (Å²) in [5.74, 6) is 0.674. The molecule has 2 aromatic rings. The topological polar surface area (TPSA) is 37.8 Å². The molecule has 0 bridgehead atoms. The summed E-state index contributed by atoms with van der Waals surface area (Å²) in [6.45, 7) is 2.10. The predicted molar refractivity (Wildman–Crippen MR) is 58.4 cm³/mol. The van der Waals surface area contributed by atoms with Gasteiger partial charge in [-0.25, -0.2) is 9.97 Å². The Bertz CT molecular complexity index is 372. The molecule has 1 unspecified atom stereocenters. The largest absolute Gasteiger partial charge is 0.347 e. The maximum Gasteiger partial charge on any atom is 0.223 e. The van der Waals surface area contributed by atoms with Crippen LogP contribution in [-0.4, -0.2) is 9.97 Å². The Balaban J connectivity index is 2.06. The average molecular weight is 205 g/mol. The monoisotopic (exact) mass is 205 g/mol. The zero-order valence-corrected chi connectivity index (χ0v) is 8.66. The van der Waals surface area contributed by atoms with Crippen LogP contribution in [0, 0.1) is 0 Å². The summed E-state index contributed by atoms with van der Waals surface area (Å²) >= 11 is 1.73. The fourth-order valence-electron chi connectivity index (χ4n) is 1.18. The molecule has 1 atom stereocenters. The highest BCUT2D eigenvalue weighted by Gasteiger charge is 2.06. The van der Waals surface area contributed by atoms with Gasteiger partial charge in [-0.15, -0.1) is 11.3 Å². The van der Waals surface area contributed by atoms with Crippen molar-refractivity contribution < 1.29 is 0 Å². The van der Waals surface area contributed by atoms with E-state index >= 15 is 0 Å². The SMILES string of the molecule is CC(Nc1ncccn1)c1cccs1. The van der Waals surface area contributed by atoms with Crippen molar-refractivity contribution in [3.63, 3.8) is 0 Å². The summed E-state index contributed by atoms with van der Waals surface area (Å²) < 4.78 is 0. The fourth-order valence-corrected chi connectivity index (χ4v) is 1.91. The van der Waals surface area contributed by atoms with Crippen LogP contribution < -0.4 is 5.32 Å². The van der Waals surface area contributed by atoms with Gasteiger partial charge in [0, 0.05) is 17.3 Å². The minimum atomic E-state index is 0.261. The van der Waals surface area contributed by atoms with Gasteiger partial charge in [-0.1, -0.05) is 6.07 Å². The zero-order chi connectivity index (χ0) is 9.80. The Morgan fingerprint density at radius 3 is 2.71 bits per heavy atom. The van der Waals surface area contributed by atoms with Crippen molar-refractivity contribution in [2.75, 3.05) is 5.32 Å². The van der Waals surface area contributed by atoms with Crippen LogP contribution in [0.4, 0.5) is 5.95 Å². The van der Waals surface area contributed by atoms with Crippen LogP contribution in [0.2, 0.25) is 0 Å². The van der Waals surface area contributed by atoms with E-state index in [2.05, 4.69) is 33.7 Å². The molecular formula is C10H11N3S. The van der Waals surface area contributed by atoms with Gasteiger partial charge in [-0.2, -0.15) is 0 Å². The van der Waals surface area contributed by atoms with E-state index in [-0.39, 0.29) is 6.04 Å². The number of nitrogens with one attached hydrogen (secondary N) is 1. The van der Waals surface area contributed by atoms with Crippen molar-refractivity contribution >= 4 is 17.3 Å². The quantitative estimate of drug-likeness (QED) is 0.837. The Morgan fingerprint density at radius 2 is 2.07 bits per heavy atom. The molecule has 2 rings (SSSR count). The predicted octanol–water partition coefficient (Wildman–Crippen LogP) is 2.71. The highest BCUT2D eigenvalue weighted by molar-refractivity contribution is 7.10. The molecule has 0 aliphatic carbocycles. The van der Waals surface area contributed by atoms with Gasteiger partial charge < -0.3 is 5.32 Å². The molecule has 14 heavy (non-hydrogen) atoms. The van der Waals surface area contributed by atoms with Crippen LogP contribution in [0.15, 0.2) is 36.0 Å². The summed E-state index contributed by atoms with van der Waals surface area (Å²) in [4.78, 5) is 9.51. The molecule has 1 N–H and O–H groups in total. The number of rotatable bonds is 3. The molecule has 2 heterocycles. The molecule has 0 saturated heterocycles. The molecule has 0 aromatic carbocycles. The molecular weight excluding hydrogens is 194 g/mol. The molecule has 0 saturated carbocycles. The van der Waals surface area contributed by atoms with E-state index in [1.54, 1.807) is 29.8 Å². The molecule has 0 aliphatic rings. The van der Waals surface area contributed by atoms with Gasteiger partial charge in [-0.3, -0.25) is 0 Å². The Hall–Kier alpha value is -1.42. The molecule has 4 heteroatoms. The van der Waals surface area contributed by atoms with E-state index in [1.807, 2.05) is 6.07 Å². The highest BCUT2D eigenvalue weighted by Crippen LogP contribution is 2.20. The summed E-state index contributed by atoms with van der Waals surface area (Å²) in [5.41, 5.74) is 0. The van der Waals surface area contributed by atoms with Crippen molar-refractivity contribution in [1.29, 1.82) is 0 Å². The lowest BCUT2D eigenvalue weighted by atomic mass is 10.3. The van der Waals surface area contributed by atoms with Crippen molar-refractivity contribution in [1.82, 2.24) is 9.97 Å². The van der Waals surface area contributed by atoms with Crippen LogP contribution in [0.25, 0.3) is 0 Å². The fraction of sp³-hybridized carbons (Fsp3) is 0.200. The van der Waals surface area contributed by atoms with E-state index in [9.17, 15) is 0 Å². The molecule has 0 radical (unpaired) electrons. The minimum Gasteiger partial charge on any atom is -0.347 e. The van der Waals surface area contributed by atoms with Crippen LogP contribution >= 0.6 is 11.3 Å². The van der Waals surface area contributed by atoms with Crippen LogP contribution in [0.3, 0.4) is 0 Å². The van der Waals surface area contributed by atoms with Gasteiger partial charge in [-0.05, 0) is 24.4 Å². The number of thiophene rings is 1. The maximum atomic E-state index is 4.11. The number of anilines is 1. The standard InChI is InChI=1S/C10H11N3S/c1-8(9-4-2-7-14-9)13-10-11-5-3-6-12-10/h2-8H,1H3,(H,11,12,13). The normalized spacial score (nSPS) is 12.4. The second-order valence-corrected chi connectivity index (χ2v) is 3.93. The van der Waals surface area contributed by atoms with Crippen molar-refractivity contribution in [3.8, 4) is 0 Å². The van der Waals surface area contributed by atoms with Gasteiger partial charge in [0.05, 0.1) is 6.04 Å². The smallest absolute Gasteiger partial charge is 0.223 e. The highest BCUT2D eigenvalue weighted by atomic mass is 32.1. The lowest BCUT2D eigenvalue weighted by Gasteiger charge is -2.10. The first-order valence-electron chi connectivity index (χ1n) is 4.43. The maximum absolute atomic E-state index is 4.11. The van der Waals surface area contributed by atoms with Crippen LogP contribution in [0.5, 0.6) is 0 Å². The lowest BCUT2D eigenvalue weighted by Crippen LogP contribution is -2.07. The minimum absolute atomic E-state index is 0.261. The average Bonchev–Trinajstić information content (AvgIpc) is 2.72. The lowest BCUT2D eigenvalue weighted by molar-refractivity contribution is 0.880. The van der Waals surface area contributed by atoms with Crippen molar-refractivity contribution in [2.24, 2.45) is 0 Å². The van der Waals surface area contributed by atoms with E-state index < -0.39 is 0 Å². The number of hydrogen-bond acceptors (Lipinski definition) is 4. The van der Waals surface area contributed by atoms with Gasteiger partial charge in [0.1, 0.15) is 0 Å². The first kappa shape index (κ1) is 9.15. The first-order chi connectivity index (χ1) is 6.86. The summed E-state index contributed by atoms with van der Waals surface area (Å²) in [5, 5.41) is 5.30. The molecule has 0 aliphatic heterocycles. The van der Waals surface area contributed by atoms with Gasteiger partial charge in [0.25, 0.3) is 0 Å². The van der Waals surface area contributed by atoms with Crippen molar-refractivity contribution in [3.05, 3.63) is 40.8 Å². The van der Waals surface area contributed by atoms with Crippen LogP contribution in [0.1, 0.15) is 17.8 Å². The second-order valence-electron chi connectivity index (χ2n) is 2.95. The van der Waals surface area contributed by atoms with E-state index in [0.717, 1.165) is 0 Å². The third-order valence-corrected chi connectivity index (χ3v) is 2.94. The zero-order valence-electron chi connectivity index (χ0n) is 7.84. The van der Waals surface area contributed by atoms with Crippen molar-refractivity contribution in [2.45, 2.75) is 13.0 Å².